The van der Waals surface area contributed by atoms with Crippen LogP contribution in [0.15, 0.2) is 71.8 Å². The summed E-state index contributed by atoms with van der Waals surface area (Å²) in [7, 11) is 0. The number of nitrogens with zero attached hydrogens (tertiary/aromatic N) is 3. The number of aromatic nitrogens is 1. The van der Waals surface area contributed by atoms with E-state index in [0.717, 1.165) is 18.5 Å². The highest BCUT2D eigenvalue weighted by Gasteiger charge is 2.24. The van der Waals surface area contributed by atoms with Crippen LogP contribution in [0.25, 0.3) is 21.8 Å². The third kappa shape index (κ3) is 2.54. The minimum atomic E-state index is 0.393. The second-order valence-corrected chi connectivity index (χ2v) is 7.31. The largest absolute Gasteiger partial charge is 0.341 e. The fraction of sp³-hybridized carbons (Fsp3) is 0.208. The van der Waals surface area contributed by atoms with Gasteiger partial charge in [-0.2, -0.15) is 5.10 Å². The SMILES string of the molecule is CCn1c2ccccc2c2cc(/C=N\N3c4ccccc4C[C@@H]3C)ccc21. The number of rotatable bonds is 3. The average molecular weight is 353 g/mol. The number of benzene rings is 3. The number of para-hydroxylation sites is 2. The Morgan fingerprint density at radius 2 is 1.74 bits per heavy atom. The van der Waals surface area contributed by atoms with E-state index in [9.17, 15) is 0 Å². The third-order valence-corrected chi connectivity index (χ3v) is 5.62. The van der Waals surface area contributed by atoms with Crippen LogP contribution < -0.4 is 5.01 Å². The molecule has 0 saturated heterocycles. The van der Waals surface area contributed by atoms with Gasteiger partial charge in [0.2, 0.25) is 0 Å². The van der Waals surface area contributed by atoms with E-state index in [4.69, 9.17) is 5.10 Å². The highest BCUT2D eigenvalue weighted by Crippen LogP contribution is 2.32. The van der Waals surface area contributed by atoms with Crippen LogP contribution in [0.5, 0.6) is 0 Å². The van der Waals surface area contributed by atoms with E-state index in [-0.39, 0.29) is 0 Å². The molecule has 1 aromatic heterocycles. The van der Waals surface area contributed by atoms with Crippen LogP contribution >= 0.6 is 0 Å². The van der Waals surface area contributed by atoms with E-state index in [1.54, 1.807) is 0 Å². The van der Waals surface area contributed by atoms with Gasteiger partial charge in [0.05, 0.1) is 17.9 Å². The van der Waals surface area contributed by atoms with E-state index in [1.165, 1.54) is 33.1 Å². The van der Waals surface area contributed by atoms with E-state index < -0.39 is 0 Å². The van der Waals surface area contributed by atoms with Gasteiger partial charge in [0.15, 0.2) is 0 Å². The zero-order valence-electron chi connectivity index (χ0n) is 15.8. The molecule has 0 spiro atoms. The van der Waals surface area contributed by atoms with Crippen molar-refractivity contribution in [3.8, 4) is 0 Å². The molecular formula is C24H23N3. The lowest BCUT2D eigenvalue weighted by Gasteiger charge is -2.18. The molecule has 4 aromatic rings. The van der Waals surface area contributed by atoms with Gasteiger partial charge in [-0.25, -0.2) is 0 Å². The van der Waals surface area contributed by atoms with Crippen molar-refractivity contribution in [2.45, 2.75) is 32.9 Å². The molecule has 134 valence electrons. The van der Waals surface area contributed by atoms with Crippen LogP contribution in [0.2, 0.25) is 0 Å². The lowest BCUT2D eigenvalue weighted by molar-refractivity contribution is 0.700. The van der Waals surface area contributed by atoms with Crippen LogP contribution in [0.4, 0.5) is 5.69 Å². The minimum Gasteiger partial charge on any atom is -0.341 e. The molecular weight excluding hydrogens is 330 g/mol. The molecule has 0 unspecified atom stereocenters. The van der Waals surface area contributed by atoms with Gasteiger partial charge in [0.1, 0.15) is 0 Å². The maximum absolute atomic E-state index is 4.83. The highest BCUT2D eigenvalue weighted by atomic mass is 15.5. The average Bonchev–Trinajstić information content (AvgIpc) is 3.19. The normalized spacial score (nSPS) is 16.7. The predicted octanol–water partition coefficient (Wildman–Crippen LogP) is 5.60. The summed E-state index contributed by atoms with van der Waals surface area (Å²) in [6.07, 6.45) is 3.05. The Morgan fingerprint density at radius 1 is 0.963 bits per heavy atom. The Hall–Kier alpha value is -3.07. The number of hydrazone groups is 1. The number of anilines is 1. The van der Waals surface area contributed by atoms with Crippen molar-refractivity contribution in [3.63, 3.8) is 0 Å². The van der Waals surface area contributed by atoms with Crippen LogP contribution in [0, 0.1) is 0 Å². The van der Waals surface area contributed by atoms with Gasteiger partial charge < -0.3 is 4.57 Å². The van der Waals surface area contributed by atoms with Crippen LogP contribution in [0.3, 0.4) is 0 Å². The quantitative estimate of drug-likeness (QED) is 0.439. The standard InChI is InChI=1S/C24H23N3/c1-3-26-23-11-7-5-9-20(23)21-15-18(12-13-24(21)26)16-25-27-17(2)14-19-8-4-6-10-22(19)27/h4-13,15-17H,3,14H2,1-2H3/b25-16-/t17-/m0/s1. The van der Waals surface area contributed by atoms with Gasteiger partial charge in [0, 0.05) is 28.4 Å². The molecule has 27 heavy (non-hydrogen) atoms. The summed E-state index contributed by atoms with van der Waals surface area (Å²) in [5.41, 5.74) is 6.33. The number of hydrogen-bond donors (Lipinski definition) is 0. The lowest BCUT2D eigenvalue weighted by Crippen LogP contribution is -2.23. The van der Waals surface area contributed by atoms with Crippen LogP contribution in [-0.2, 0) is 13.0 Å². The van der Waals surface area contributed by atoms with Gasteiger partial charge in [0.25, 0.3) is 0 Å². The zero-order chi connectivity index (χ0) is 18.4. The Balaban J connectivity index is 1.57. The molecule has 1 aliphatic rings. The van der Waals surface area contributed by atoms with Gasteiger partial charge in [-0.05, 0) is 55.7 Å². The summed E-state index contributed by atoms with van der Waals surface area (Å²) in [6, 6.07) is 24.3. The fourth-order valence-electron chi connectivity index (χ4n) is 4.35. The number of aryl methyl sites for hydroxylation is 1. The summed E-state index contributed by atoms with van der Waals surface area (Å²) in [4.78, 5) is 0. The molecule has 5 rings (SSSR count). The van der Waals surface area contributed by atoms with Crippen molar-refractivity contribution in [3.05, 3.63) is 77.9 Å². The Morgan fingerprint density at radius 3 is 2.63 bits per heavy atom. The maximum Gasteiger partial charge on any atom is 0.0629 e. The van der Waals surface area contributed by atoms with E-state index in [2.05, 4.69) is 90.2 Å². The van der Waals surface area contributed by atoms with Crippen molar-refractivity contribution in [1.29, 1.82) is 0 Å². The van der Waals surface area contributed by atoms with E-state index in [0.29, 0.717) is 6.04 Å². The second kappa shape index (κ2) is 6.27. The Labute approximate surface area is 159 Å². The molecule has 2 heterocycles. The monoisotopic (exact) mass is 353 g/mol. The van der Waals surface area contributed by atoms with Crippen molar-refractivity contribution >= 4 is 33.7 Å². The first-order valence-electron chi connectivity index (χ1n) is 9.68. The molecule has 0 bridgehead atoms. The molecule has 0 amide bonds. The van der Waals surface area contributed by atoms with Crippen LogP contribution in [0.1, 0.15) is 25.0 Å². The molecule has 1 aliphatic heterocycles. The zero-order valence-corrected chi connectivity index (χ0v) is 15.8. The molecule has 3 heteroatoms. The Kier molecular flexibility index (Phi) is 3.75. The Bertz CT molecular complexity index is 1170. The fourth-order valence-corrected chi connectivity index (χ4v) is 4.35. The first-order chi connectivity index (χ1) is 13.3. The van der Waals surface area contributed by atoms with E-state index >= 15 is 0 Å². The molecule has 0 fully saturated rings. The lowest BCUT2D eigenvalue weighted by atomic mass is 10.1. The maximum atomic E-state index is 4.83. The molecule has 1 atom stereocenters. The molecule has 0 N–H and O–H groups in total. The van der Waals surface area contributed by atoms with Crippen molar-refractivity contribution in [1.82, 2.24) is 4.57 Å². The van der Waals surface area contributed by atoms with Gasteiger partial charge in [-0.1, -0.05) is 42.5 Å². The first-order valence-corrected chi connectivity index (χ1v) is 9.68. The summed E-state index contributed by atoms with van der Waals surface area (Å²) < 4.78 is 2.38. The van der Waals surface area contributed by atoms with E-state index in [1.807, 2.05) is 6.21 Å². The summed E-state index contributed by atoms with van der Waals surface area (Å²) in [6.45, 7) is 5.41. The smallest absolute Gasteiger partial charge is 0.0629 e. The minimum absolute atomic E-state index is 0.393. The molecule has 3 aromatic carbocycles. The summed E-state index contributed by atoms with van der Waals surface area (Å²) >= 11 is 0. The molecule has 3 nitrogen and oxygen atoms in total. The predicted molar refractivity (Wildman–Crippen MR) is 115 cm³/mol. The highest BCUT2D eigenvalue weighted by molar-refractivity contribution is 6.09. The summed E-state index contributed by atoms with van der Waals surface area (Å²) in [5, 5.41) is 9.59. The van der Waals surface area contributed by atoms with Gasteiger partial charge in [-0.3, -0.25) is 5.01 Å². The van der Waals surface area contributed by atoms with Crippen molar-refractivity contribution < 1.29 is 0 Å². The van der Waals surface area contributed by atoms with Crippen LogP contribution in [-0.4, -0.2) is 16.8 Å². The van der Waals surface area contributed by atoms with Gasteiger partial charge >= 0.3 is 0 Å². The molecule has 0 radical (unpaired) electrons. The third-order valence-electron chi connectivity index (χ3n) is 5.62. The van der Waals surface area contributed by atoms with Crippen molar-refractivity contribution in [2.75, 3.05) is 5.01 Å². The second-order valence-electron chi connectivity index (χ2n) is 7.31. The van der Waals surface area contributed by atoms with Crippen molar-refractivity contribution in [2.24, 2.45) is 5.10 Å². The number of fused-ring (bicyclic) bond motifs is 4. The number of hydrogen-bond acceptors (Lipinski definition) is 2. The van der Waals surface area contributed by atoms with Gasteiger partial charge in [-0.15, -0.1) is 0 Å². The molecule has 0 aliphatic carbocycles. The topological polar surface area (TPSA) is 20.5 Å². The summed E-state index contributed by atoms with van der Waals surface area (Å²) in [5.74, 6) is 0. The first kappa shape index (κ1) is 16.1. The molecule has 0 saturated carbocycles.